The van der Waals surface area contributed by atoms with Gasteiger partial charge in [-0.15, -0.1) is 0 Å². The molecule has 4 heteroatoms. The molecular weight excluding hydrogens is 208 g/mol. The normalized spacial score (nSPS) is 29.2. The van der Waals surface area contributed by atoms with Gasteiger partial charge in [0.15, 0.2) is 0 Å². The summed E-state index contributed by atoms with van der Waals surface area (Å²) in [6.45, 7) is 10.3. The van der Waals surface area contributed by atoms with Gasteiger partial charge in [0.1, 0.15) is 25.1 Å². The second-order valence-electron chi connectivity index (χ2n) is 3.60. The third-order valence-corrected chi connectivity index (χ3v) is 2.22. The maximum Gasteiger partial charge on any atom is 0.117 e. The first-order valence-corrected chi connectivity index (χ1v) is 5.53. The van der Waals surface area contributed by atoms with Crippen LogP contribution in [0.2, 0.25) is 0 Å². The van der Waals surface area contributed by atoms with Gasteiger partial charge in [0.25, 0.3) is 0 Å². The summed E-state index contributed by atoms with van der Waals surface area (Å²) in [4.78, 5) is 0. The Hall–Kier alpha value is -1.00. The summed E-state index contributed by atoms with van der Waals surface area (Å²) in [7, 11) is 0. The van der Waals surface area contributed by atoms with Crippen LogP contribution in [0.3, 0.4) is 0 Å². The highest BCUT2D eigenvalue weighted by atomic mass is 16.6. The van der Waals surface area contributed by atoms with Crippen molar-refractivity contribution in [2.24, 2.45) is 0 Å². The van der Waals surface area contributed by atoms with Gasteiger partial charge in [-0.3, -0.25) is 0 Å². The molecule has 1 fully saturated rings. The second-order valence-corrected chi connectivity index (χ2v) is 3.60. The van der Waals surface area contributed by atoms with E-state index in [0.29, 0.717) is 26.4 Å². The highest BCUT2D eigenvalue weighted by Crippen LogP contribution is 2.09. The van der Waals surface area contributed by atoms with Crippen LogP contribution in [0.1, 0.15) is 13.8 Å². The standard InChI is InChI=1S/2C6H10O2/c1-5-6(2)8-4-3-7-5;1-6-2-3-7-4-5-8-6/h6H,1,3-4H2,2H3;2-3,6H,4-5H2,1H3. The van der Waals surface area contributed by atoms with E-state index in [9.17, 15) is 0 Å². The van der Waals surface area contributed by atoms with Gasteiger partial charge in [0.2, 0.25) is 0 Å². The SMILES string of the molecule is C=C1OCCOC1C.CC1C=COCCO1. The fourth-order valence-electron chi connectivity index (χ4n) is 1.18. The second kappa shape index (κ2) is 7.30. The molecule has 2 rings (SSSR count). The first kappa shape index (κ1) is 13.1. The number of hydrogen-bond donors (Lipinski definition) is 0. The monoisotopic (exact) mass is 228 g/mol. The van der Waals surface area contributed by atoms with Crippen molar-refractivity contribution in [2.75, 3.05) is 26.4 Å². The molecule has 0 bridgehead atoms. The largest absolute Gasteiger partial charge is 0.499 e. The molecule has 0 aromatic heterocycles. The molecule has 0 aliphatic carbocycles. The number of hydrogen-bond acceptors (Lipinski definition) is 4. The summed E-state index contributed by atoms with van der Waals surface area (Å²) in [5.41, 5.74) is 0. The Balaban J connectivity index is 0.000000160. The maximum atomic E-state index is 5.19. The molecule has 4 nitrogen and oxygen atoms in total. The van der Waals surface area contributed by atoms with Crippen LogP contribution in [0.25, 0.3) is 0 Å². The van der Waals surface area contributed by atoms with E-state index in [1.54, 1.807) is 6.26 Å². The molecular formula is C12H20O4. The first-order chi connectivity index (χ1) is 7.70. The zero-order valence-electron chi connectivity index (χ0n) is 9.98. The average Bonchev–Trinajstić information content (AvgIpc) is 2.51. The topological polar surface area (TPSA) is 36.9 Å². The molecule has 2 atom stereocenters. The van der Waals surface area contributed by atoms with Crippen LogP contribution in [-0.2, 0) is 18.9 Å². The molecule has 0 N–H and O–H groups in total. The highest BCUT2D eigenvalue weighted by Gasteiger charge is 2.12. The molecule has 0 radical (unpaired) electrons. The summed E-state index contributed by atoms with van der Waals surface area (Å²) in [5.74, 6) is 0.747. The van der Waals surface area contributed by atoms with E-state index in [-0.39, 0.29) is 12.2 Å². The predicted octanol–water partition coefficient (Wildman–Crippen LogP) is 1.87. The minimum atomic E-state index is 0.0868. The Labute approximate surface area is 96.8 Å². The molecule has 2 unspecified atom stereocenters. The molecule has 0 aromatic carbocycles. The maximum absolute atomic E-state index is 5.19. The van der Waals surface area contributed by atoms with E-state index >= 15 is 0 Å². The van der Waals surface area contributed by atoms with Crippen LogP contribution >= 0.6 is 0 Å². The average molecular weight is 228 g/mol. The zero-order chi connectivity index (χ0) is 11.8. The van der Waals surface area contributed by atoms with E-state index in [4.69, 9.17) is 18.9 Å². The minimum Gasteiger partial charge on any atom is -0.499 e. The van der Waals surface area contributed by atoms with E-state index in [0.717, 1.165) is 5.76 Å². The zero-order valence-corrected chi connectivity index (χ0v) is 9.98. The summed E-state index contributed by atoms with van der Waals surface area (Å²) in [5, 5.41) is 0. The molecule has 2 aliphatic rings. The quantitative estimate of drug-likeness (QED) is 0.634. The first-order valence-electron chi connectivity index (χ1n) is 5.53. The minimum absolute atomic E-state index is 0.0868. The molecule has 92 valence electrons. The van der Waals surface area contributed by atoms with Crippen molar-refractivity contribution in [1.82, 2.24) is 0 Å². The Bertz CT molecular complexity index is 237. The summed E-state index contributed by atoms with van der Waals surface area (Å²) in [6, 6.07) is 0. The summed E-state index contributed by atoms with van der Waals surface area (Å²) < 4.78 is 20.4. The van der Waals surface area contributed by atoms with E-state index < -0.39 is 0 Å². The van der Waals surface area contributed by atoms with Crippen molar-refractivity contribution in [3.05, 3.63) is 24.7 Å². The van der Waals surface area contributed by atoms with E-state index in [2.05, 4.69) is 6.58 Å². The third kappa shape index (κ3) is 5.19. The smallest absolute Gasteiger partial charge is 0.117 e. The molecule has 0 spiro atoms. The fraction of sp³-hybridized carbons (Fsp3) is 0.667. The molecule has 16 heavy (non-hydrogen) atoms. The summed E-state index contributed by atoms with van der Waals surface area (Å²) in [6.07, 6.45) is 3.89. The Morgan fingerprint density at radius 2 is 1.88 bits per heavy atom. The van der Waals surface area contributed by atoms with Crippen LogP contribution < -0.4 is 0 Å². The van der Waals surface area contributed by atoms with Gasteiger partial charge in [-0.1, -0.05) is 6.58 Å². The lowest BCUT2D eigenvalue weighted by molar-refractivity contribution is -0.0327. The van der Waals surface area contributed by atoms with Gasteiger partial charge in [-0.2, -0.15) is 0 Å². The van der Waals surface area contributed by atoms with Crippen LogP contribution in [0.5, 0.6) is 0 Å². The van der Waals surface area contributed by atoms with Crippen LogP contribution in [0.4, 0.5) is 0 Å². The fourth-order valence-corrected chi connectivity index (χ4v) is 1.18. The highest BCUT2D eigenvalue weighted by molar-refractivity contribution is 4.91. The van der Waals surface area contributed by atoms with Crippen molar-refractivity contribution in [3.8, 4) is 0 Å². The molecule has 2 aliphatic heterocycles. The lowest BCUT2D eigenvalue weighted by Gasteiger charge is -2.21. The Morgan fingerprint density at radius 1 is 1.12 bits per heavy atom. The lowest BCUT2D eigenvalue weighted by Crippen LogP contribution is -2.22. The van der Waals surface area contributed by atoms with Gasteiger partial charge in [-0.25, -0.2) is 0 Å². The van der Waals surface area contributed by atoms with Crippen molar-refractivity contribution in [3.63, 3.8) is 0 Å². The number of ether oxygens (including phenoxy) is 4. The van der Waals surface area contributed by atoms with Gasteiger partial charge in [0, 0.05) is 0 Å². The van der Waals surface area contributed by atoms with Gasteiger partial charge < -0.3 is 18.9 Å². The van der Waals surface area contributed by atoms with Crippen molar-refractivity contribution in [1.29, 1.82) is 0 Å². The molecule has 0 amide bonds. The summed E-state index contributed by atoms with van der Waals surface area (Å²) >= 11 is 0. The van der Waals surface area contributed by atoms with Crippen molar-refractivity contribution >= 4 is 0 Å². The van der Waals surface area contributed by atoms with Crippen LogP contribution in [0.15, 0.2) is 24.7 Å². The molecule has 1 saturated heterocycles. The van der Waals surface area contributed by atoms with E-state index in [1.807, 2.05) is 19.9 Å². The third-order valence-electron chi connectivity index (χ3n) is 2.22. The van der Waals surface area contributed by atoms with Gasteiger partial charge in [0.05, 0.1) is 25.6 Å². The lowest BCUT2D eigenvalue weighted by atomic mass is 10.3. The van der Waals surface area contributed by atoms with Crippen LogP contribution in [-0.4, -0.2) is 38.6 Å². The molecule has 2 heterocycles. The van der Waals surface area contributed by atoms with Gasteiger partial charge >= 0.3 is 0 Å². The molecule has 0 aromatic rings. The van der Waals surface area contributed by atoms with E-state index in [1.165, 1.54) is 0 Å². The van der Waals surface area contributed by atoms with Crippen molar-refractivity contribution in [2.45, 2.75) is 26.1 Å². The molecule has 0 saturated carbocycles. The van der Waals surface area contributed by atoms with Gasteiger partial charge in [-0.05, 0) is 19.9 Å². The number of rotatable bonds is 0. The Morgan fingerprint density at radius 3 is 2.50 bits per heavy atom. The predicted molar refractivity (Wildman–Crippen MR) is 61.0 cm³/mol. The van der Waals surface area contributed by atoms with Crippen LogP contribution in [0, 0.1) is 0 Å². The van der Waals surface area contributed by atoms with Crippen molar-refractivity contribution < 1.29 is 18.9 Å². The Kier molecular flexibility index (Phi) is 5.96.